The van der Waals surface area contributed by atoms with Gasteiger partial charge in [0, 0.05) is 66.1 Å². The average molecular weight is 1410 g/mol. The molecule has 0 spiro atoms. The molecule has 0 saturated heterocycles. The highest BCUT2D eigenvalue weighted by atomic mass is 15.0. The van der Waals surface area contributed by atoms with Crippen molar-refractivity contribution in [2.24, 2.45) is 0 Å². The summed E-state index contributed by atoms with van der Waals surface area (Å²) in [6.07, 6.45) is 0. The number of hydrogen-bond acceptors (Lipinski definition) is 3. The van der Waals surface area contributed by atoms with E-state index < -0.39 is 0 Å². The van der Waals surface area contributed by atoms with E-state index in [4.69, 9.17) is 15.0 Å². The van der Waals surface area contributed by atoms with E-state index in [2.05, 4.69) is 390 Å². The minimum Gasteiger partial charge on any atom is -0.309 e. The summed E-state index contributed by atoms with van der Waals surface area (Å²) < 4.78 is 7.38. The topological polar surface area (TPSA) is 53.5 Å². The van der Waals surface area contributed by atoms with Gasteiger partial charge in [-0.05, 0) is 198 Å². The van der Waals surface area contributed by atoms with Gasteiger partial charge in [0.05, 0.1) is 33.1 Å². The van der Waals surface area contributed by atoms with Crippen molar-refractivity contribution >= 4 is 65.4 Å². The second-order valence-corrected chi connectivity index (χ2v) is 28.7. The smallest absolute Gasteiger partial charge is 0.164 e. The van der Waals surface area contributed by atoms with Crippen LogP contribution in [0.15, 0.2) is 413 Å². The maximum absolute atomic E-state index is 5.15. The van der Waals surface area contributed by atoms with Gasteiger partial charge in [0.25, 0.3) is 0 Å². The Hall–Kier alpha value is -14.9. The van der Waals surface area contributed by atoms with Crippen LogP contribution in [0.3, 0.4) is 0 Å². The van der Waals surface area contributed by atoms with E-state index in [0.717, 1.165) is 122 Å². The Bertz CT molecular complexity index is 6390. The van der Waals surface area contributed by atoms with Crippen LogP contribution < -0.4 is 0 Å². The van der Waals surface area contributed by atoms with E-state index in [1.54, 1.807) is 0 Å². The Morgan fingerprint density at radius 1 is 0.126 bits per heavy atom. The maximum atomic E-state index is 5.15. The monoisotopic (exact) mass is 1410 g/mol. The molecule has 21 rings (SSSR count). The van der Waals surface area contributed by atoms with Gasteiger partial charge in [-0.2, -0.15) is 0 Å². The summed E-state index contributed by atoms with van der Waals surface area (Å²) in [4.78, 5) is 15.3. The number of rotatable bonds is 14. The molecule has 0 saturated carbocycles. The molecule has 21 aromatic rings. The van der Waals surface area contributed by atoms with E-state index in [1.807, 2.05) is 36.4 Å². The lowest BCUT2D eigenvalue weighted by Gasteiger charge is -2.12. The van der Waals surface area contributed by atoms with Crippen LogP contribution in [0.5, 0.6) is 0 Å². The van der Waals surface area contributed by atoms with Crippen molar-refractivity contribution < 1.29 is 0 Å². The molecule has 0 N–H and O–H groups in total. The van der Waals surface area contributed by atoms with E-state index in [-0.39, 0.29) is 0 Å². The third-order valence-electron chi connectivity index (χ3n) is 22.2. The average Bonchev–Trinajstić information content (AvgIpc) is 1.57. The highest BCUT2D eigenvalue weighted by molar-refractivity contribution is 6.16. The Morgan fingerprint density at radius 2 is 0.288 bits per heavy atom. The summed E-state index contributed by atoms with van der Waals surface area (Å²) in [6.45, 7) is 0. The van der Waals surface area contributed by atoms with Crippen molar-refractivity contribution in [1.82, 2.24) is 28.7 Å². The Kier molecular flexibility index (Phi) is 15.8. The molecule has 4 aromatic heterocycles. The van der Waals surface area contributed by atoms with Crippen LogP contribution in [0.25, 0.3) is 206 Å². The summed E-state index contributed by atoms with van der Waals surface area (Å²) in [7, 11) is 0. The first-order chi connectivity index (χ1) is 55.0. The second kappa shape index (κ2) is 27.2. The summed E-state index contributed by atoms with van der Waals surface area (Å²) in [6, 6.07) is 150. The van der Waals surface area contributed by atoms with E-state index >= 15 is 0 Å². The maximum Gasteiger partial charge on any atom is 0.164 e. The summed E-state index contributed by atoms with van der Waals surface area (Å²) >= 11 is 0. The van der Waals surface area contributed by atoms with Crippen LogP contribution in [0, 0.1) is 0 Å². The molecule has 0 atom stereocenters. The van der Waals surface area contributed by atoms with Gasteiger partial charge in [0.1, 0.15) is 0 Å². The largest absolute Gasteiger partial charge is 0.309 e. The number of aromatic nitrogens is 6. The molecule has 0 unspecified atom stereocenters. The quantitative estimate of drug-likeness (QED) is 0.109. The van der Waals surface area contributed by atoms with E-state index in [9.17, 15) is 0 Å². The highest BCUT2D eigenvalue weighted by Crippen LogP contribution is 2.44. The van der Waals surface area contributed by atoms with Crippen molar-refractivity contribution in [3.05, 3.63) is 413 Å². The lowest BCUT2D eigenvalue weighted by atomic mass is 9.97. The van der Waals surface area contributed by atoms with Crippen molar-refractivity contribution in [1.29, 1.82) is 0 Å². The number of benzene rings is 17. The summed E-state index contributed by atoms with van der Waals surface area (Å²) in [5.74, 6) is 1.85. The van der Waals surface area contributed by atoms with Crippen LogP contribution in [-0.2, 0) is 0 Å². The van der Waals surface area contributed by atoms with Gasteiger partial charge in [-0.3, -0.25) is 0 Å². The third-order valence-corrected chi connectivity index (χ3v) is 22.2. The fourth-order valence-electron chi connectivity index (χ4n) is 16.5. The van der Waals surface area contributed by atoms with Gasteiger partial charge in [0.2, 0.25) is 0 Å². The SMILES string of the molecule is c1ccc(-c2ccc(-c3ccc4c(c3)c3cc(-c5ccc(-c6ccccc6)cc5)ccc3n4-c3ccc4c(c3)c3cc(-n5c6ccc(-c7ccc(-c8ccccc8)cc7)cc6c6cc(-c7ccc(-c8ccccc8)cc7)ccc65)ccc3n4-c3ccc(-c4nc(-c5ccccc5)nc(-c5ccccc5)n4)cc3)cc2)cc1. The molecule has 6 heteroatoms. The molecule has 0 bridgehead atoms. The van der Waals surface area contributed by atoms with Crippen molar-refractivity contribution in [2.45, 2.75) is 0 Å². The molecule has 0 radical (unpaired) electrons. The zero-order valence-electron chi connectivity index (χ0n) is 60.4. The van der Waals surface area contributed by atoms with Crippen LogP contribution >= 0.6 is 0 Å². The van der Waals surface area contributed by atoms with Crippen molar-refractivity contribution in [3.8, 4) is 140 Å². The number of fused-ring (bicyclic) bond motifs is 9. The lowest BCUT2D eigenvalue weighted by molar-refractivity contribution is 1.07. The molecular formula is C105H68N6. The van der Waals surface area contributed by atoms with E-state index in [1.165, 1.54) is 66.1 Å². The highest BCUT2D eigenvalue weighted by Gasteiger charge is 2.23. The third kappa shape index (κ3) is 11.7. The normalized spacial score (nSPS) is 11.6. The van der Waals surface area contributed by atoms with Gasteiger partial charge in [0.15, 0.2) is 17.5 Å². The molecule has 6 nitrogen and oxygen atoms in total. The molecule has 0 aliphatic rings. The van der Waals surface area contributed by atoms with Crippen molar-refractivity contribution in [3.63, 3.8) is 0 Å². The first-order valence-corrected chi connectivity index (χ1v) is 37.9. The molecular weight excluding hydrogens is 1350 g/mol. The molecule has 111 heavy (non-hydrogen) atoms. The molecule has 4 heterocycles. The molecule has 0 fully saturated rings. The lowest BCUT2D eigenvalue weighted by Crippen LogP contribution is -2.00. The molecule has 518 valence electrons. The molecule has 0 aliphatic carbocycles. The van der Waals surface area contributed by atoms with Gasteiger partial charge in [-0.1, -0.05) is 303 Å². The predicted octanol–water partition coefficient (Wildman–Crippen LogP) is 27.5. The summed E-state index contributed by atoms with van der Waals surface area (Å²) in [5, 5.41) is 6.96. The number of nitrogens with zero attached hydrogens (tertiary/aromatic N) is 6. The standard InChI is InChI=1S/C105H68N6/c1-7-19-69(20-8-1)73-31-39-77(40-32-73)84-49-57-97-91(63-84)92-64-85(78-41-33-74(34-42-78)70-21-9-2-10-22-70)50-58-98(92)110(97)89-55-61-101-95(67-89)96-68-90(56-62-102(96)109(101)88-53-47-83(48-54-88)105-107-103(81-27-15-5-16-28-81)106-104(108-105)82-29-17-6-18-30-82)111-99-59-51-86(79-43-35-75(36-44-79)71-23-11-3-12-24-71)65-93(99)94-66-87(52-60-100(94)111)80-45-37-76(38-46-80)72-25-13-4-14-26-72/h1-68H. The second-order valence-electron chi connectivity index (χ2n) is 28.7. The Morgan fingerprint density at radius 3 is 0.541 bits per heavy atom. The minimum atomic E-state index is 0.602. The first-order valence-electron chi connectivity index (χ1n) is 37.9. The number of hydrogen-bond donors (Lipinski definition) is 0. The molecule has 0 amide bonds. The predicted molar refractivity (Wildman–Crippen MR) is 463 cm³/mol. The molecule has 0 aliphatic heterocycles. The van der Waals surface area contributed by atoms with Crippen LogP contribution in [0.1, 0.15) is 0 Å². The Labute approximate surface area is 642 Å². The van der Waals surface area contributed by atoms with Gasteiger partial charge < -0.3 is 13.7 Å². The minimum absolute atomic E-state index is 0.602. The fraction of sp³-hybridized carbons (Fsp3) is 0. The van der Waals surface area contributed by atoms with Crippen LogP contribution in [0.4, 0.5) is 0 Å². The van der Waals surface area contributed by atoms with Gasteiger partial charge in [-0.15, -0.1) is 0 Å². The van der Waals surface area contributed by atoms with Crippen molar-refractivity contribution in [2.75, 3.05) is 0 Å². The van der Waals surface area contributed by atoms with E-state index in [0.29, 0.717) is 17.5 Å². The van der Waals surface area contributed by atoms with Gasteiger partial charge in [-0.25, -0.2) is 15.0 Å². The molecule has 17 aromatic carbocycles. The van der Waals surface area contributed by atoms with Crippen LogP contribution in [-0.4, -0.2) is 28.7 Å². The first kappa shape index (κ1) is 64.5. The zero-order chi connectivity index (χ0) is 73.3. The fourth-order valence-corrected chi connectivity index (χ4v) is 16.5. The zero-order valence-corrected chi connectivity index (χ0v) is 60.4. The summed E-state index contributed by atoms with van der Waals surface area (Å²) in [5.41, 5.74) is 31.4. The van der Waals surface area contributed by atoms with Gasteiger partial charge >= 0.3 is 0 Å². The van der Waals surface area contributed by atoms with Crippen LogP contribution in [0.2, 0.25) is 0 Å². The Balaban J connectivity index is 0.751.